The van der Waals surface area contributed by atoms with Gasteiger partial charge in [0.1, 0.15) is 0 Å². The Kier molecular flexibility index (Phi) is 5.60. The number of nitrogens with zero attached hydrogens (tertiary/aromatic N) is 1. The van der Waals surface area contributed by atoms with E-state index >= 15 is 0 Å². The van der Waals surface area contributed by atoms with Crippen LogP contribution in [0.3, 0.4) is 0 Å². The molecule has 1 amide bonds. The maximum atomic E-state index is 12.2. The molecule has 5 heteroatoms. The number of carbonyl (C=O) groups is 1. The van der Waals surface area contributed by atoms with Gasteiger partial charge in [0.25, 0.3) is 0 Å². The zero-order valence-corrected chi connectivity index (χ0v) is 13.1. The van der Waals surface area contributed by atoms with E-state index in [0.29, 0.717) is 6.04 Å². The van der Waals surface area contributed by atoms with Gasteiger partial charge in [0.05, 0.1) is 3.79 Å². The van der Waals surface area contributed by atoms with E-state index in [-0.39, 0.29) is 12.5 Å². The third-order valence-corrected chi connectivity index (χ3v) is 4.93. The molecule has 1 aromatic rings. The lowest BCUT2D eigenvalue weighted by atomic mass is 10.1. The summed E-state index contributed by atoms with van der Waals surface area (Å²) in [7, 11) is 0. The van der Waals surface area contributed by atoms with Crippen LogP contribution in [0.4, 0.5) is 0 Å². The summed E-state index contributed by atoms with van der Waals surface area (Å²) in [4.78, 5) is 15.2. The molecule has 0 saturated carbocycles. The highest BCUT2D eigenvalue weighted by Gasteiger charge is 2.26. The molecule has 1 aromatic heterocycles. The fourth-order valence-electron chi connectivity index (χ4n) is 2.42. The van der Waals surface area contributed by atoms with E-state index in [0.717, 1.165) is 40.9 Å². The van der Waals surface area contributed by atoms with Crippen LogP contribution in [0.15, 0.2) is 22.0 Å². The smallest absolute Gasteiger partial charge is 0.246 e. The van der Waals surface area contributed by atoms with Gasteiger partial charge in [-0.2, -0.15) is 0 Å². The molecule has 1 fully saturated rings. The number of carbonyl (C=O) groups excluding carboxylic acids is 1. The molecule has 1 saturated heterocycles. The lowest BCUT2D eigenvalue weighted by Gasteiger charge is -2.23. The lowest BCUT2D eigenvalue weighted by Crippen LogP contribution is -2.34. The van der Waals surface area contributed by atoms with Crippen molar-refractivity contribution in [1.29, 1.82) is 0 Å². The molecule has 2 rings (SSSR count). The number of thiophene rings is 1. The zero-order chi connectivity index (χ0) is 13.7. The van der Waals surface area contributed by atoms with E-state index in [1.165, 1.54) is 0 Å². The second-order valence-corrected chi connectivity index (χ2v) is 7.16. The third-order valence-electron chi connectivity index (χ3n) is 3.34. The number of halogens is 1. The van der Waals surface area contributed by atoms with Gasteiger partial charge in [0.2, 0.25) is 5.91 Å². The molecule has 1 atom stereocenters. The minimum Gasteiger partial charge on any atom is -0.396 e. The number of aliphatic hydroxyl groups excluding tert-OH is 1. The Morgan fingerprint density at radius 1 is 1.58 bits per heavy atom. The van der Waals surface area contributed by atoms with Crippen molar-refractivity contribution in [2.45, 2.75) is 31.7 Å². The van der Waals surface area contributed by atoms with Gasteiger partial charge in [0.15, 0.2) is 0 Å². The van der Waals surface area contributed by atoms with Gasteiger partial charge >= 0.3 is 0 Å². The highest BCUT2D eigenvalue weighted by molar-refractivity contribution is 9.11. The summed E-state index contributed by atoms with van der Waals surface area (Å²) >= 11 is 5.02. The normalized spacial score (nSPS) is 19.5. The van der Waals surface area contributed by atoms with Crippen molar-refractivity contribution in [3.05, 3.63) is 26.9 Å². The van der Waals surface area contributed by atoms with Gasteiger partial charge in [-0.15, -0.1) is 11.3 Å². The number of aliphatic hydroxyl groups is 1. The number of likely N-dealkylation sites (tertiary alicyclic amines) is 1. The van der Waals surface area contributed by atoms with Crippen molar-refractivity contribution in [1.82, 2.24) is 4.90 Å². The second-order valence-electron chi connectivity index (χ2n) is 4.67. The first-order valence-corrected chi connectivity index (χ1v) is 8.16. The van der Waals surface area contributed by atoms with Crippen LogP contribution in [-0.2, 0) is 4.79 Å². The molecule has 0 radical (unpaired) electrons. The van der Waals surface area contributed by atoms with Crippen LogP contribution in [0.1, 0.15) is 30.6 Å². The predicted octanol–water partition coefficient (Wildman–Crippen LogP) is 3.29. The maximum absolute atomic E-state index is 12.2. The van der Waals surface area contributed by atoms with E-state index in [1.54, 1.807) is 17.4 Å². The Hall–Kier alpha value is -0.650. The van der Waals surface area contributed by atoms with E-state index in [9.17, 15) is 4.79 Å². The topological polar surface area (TPSA) is 40.5 Å². The first-order chi connectivity index (χ1) is 9.20. The van der Waals surface area contributed by atoms with Crippen LogP contribution >= 0.6 is 27.3 Å². The largest absolute Gasteiger partial charge is 0.396 e. The van der Waals surface area contributed by atoms with Crippen LogP contribution in [0.25, 0.3) is 6.08 Å². The van der Waals surface area contributed by atoms with Gasteiger partial charge in [-0.05, 0) is 59.8 Å². The molecule has 104 valence electrons. The van der Waals surface area contributed by atoms with Crippen LogP contribution in [0.2, 0.25) is 0 Å². The molecule has 2 heterocycles. The van der Waals surface area contributed by atoms with Crippen LogP contribution in [-0.4, -0.2) is 35.1 Å². The quantitative estimate of drug-likeness (QED) is 0.833. The number of rotatable bonds is 5. The average molecular weight is 344 g/mol. The van der Waals surface area contributed by atoms with Gasteiger partial charge in [-0.3, -0.25) is 4.79 Å². The van der Waals surface area contributed by atoms with Gasteiger partial charge in [0, 0.05) is 30.1 Å². The fraction of sp³-hybridized carbons (Fsp3) is 0.500. The maximum Gasteiger partial charge on any atom is 0.246 e. The zero-order valence-electron chi connectivity index (χ0n) is 10.7. The molecule has 1 aliphatic rings. The first kappa shape index (κ1) is 14.8. The van der Waals surface area contributed by atoms with Gasteiger partial charge < -0.3 is 10.0 Å². The lowest BCUT2D eigenvalue weighted by molar-refractivity contribution is -0.126. The fourth-order valence-corrected chi connectivity index (χ4v) is 3.75. The molecular weight excluding hydrogens is 326 g/mol. The molecule has 1 unspecified atom stereocenters. The van der Waals surface area contributed by atoms with E-state index in [2.05, 4.69) is 15.9 Å². The standard InChI is InChI=1S/C14H18BrNO2S/c15-13-7-5-12(19-13)6-8-14(18)16-9-1-3-11(16)4-2-10-17/h5-8,11,17H,1-4,9-10H2. The average Bonchev–Trinajstić information content (AvgIpc) is 3.02. The Balaban J connectivity index is 1.93. The molecule has 0 aliphatic carbocycles. The van der Waals surface area contributed by atoms with E-state index in [1.807, 2.05) is 23.1 Å². The predicted molar refractivity (Wildman–Crippen MR) is 82.1 cm³/mol. The van der Waals surface area contributed by atoms with Crippen molar-refractivity contribution < 1.29 is 9.90 Å². The number of hydrogen-bond acceptors (Lipinski definition) is 3. The monoisotopic (exact) mass is 343 g/mol. The number of hydrogen-bond donors (Lipinski definition) is 1. The van der Waals surface area contributed by atoms with Crippen molar-refractivity contribution >= 4 is 39.2 Å². The Morgan fingerprint density at radius 3 is 3.11 bits per heavy atom. The minimum absolute atomic E-state index is 0.0879. The van der Waals surface area contributed by atoms with Crippen molar-refractivity contribution in [3.63, 3.8) is 0 Å². The van der Waals surface area contributed by atoms with Crippen molar-refractivity contribution in [2.75, 3.05) is 13.2 Å². The highest BCUT2D eigenvalue weighted by atomic mass is 79.9. The second kappa shape index (κ2) is 7.22. The minimum atomic E-state index is 0.0879. The molecule has 0 spiro atoms. The summed E-state index contributed by atoms with van der Waals surface area (Å²) in [6.07, 6.45) is 7.34. The summed E-state index contributed by atoms with van der Waals surface area (Å²) in [5, 5.41) is 8.89. The molecule has 3 nitrogen and oxygen atoms in total. The SMILES string of the molecule is O=C(C=Cc1ccc(Br)s1)N1CCCC1CCCO. The first-order valence-electron chi connectivity index (χ1n) is 6.55. The van der Waals surface area contributed by atoms with E-state index in [4.69, 9.17) is 5.11 Å². The Morgan fingerprint density at radius 2 is 2.42 bits per heavy atom. The highest BCUT2D eigenvalue weighted by Crippen LogP contribution is 2.24. The van der Waals surface area contributed by atoms with Crippen molar-refractivity contribution in [3.8, 4) is 0 Å². The summed E-state index contributed by atoms with van der Waals surface area (Å²) in [5.74, 6) is 0.0879. The molecule has 0 bridgehead atoms. The third kappa shape index (κ3) is 4.16. The molecular formula is C14H18BrNO2S. The van der Waals surface area contributed by atoms with Gasteiger partial charge in [-0.25, -0.2) is 0 Å². The molecule has 1 N–H and O–H groups in total. The number of amides is 1. The molecule has 0 aromatic carbocycles. The van der Waals surface area contributed by atoms with Crippen molar-refractivity contribution in [2.24, 2.45) is 0 Å². The van der Waals surface area contributed by atoms with Crippen LogP contribution in [0, 0.1) is 0 Å². The Bertz CT molecular complexity index is 458. The summed E-state index contributed by atoms with van der Waals surface area (Å²) in [6, 6.07) is 4.28. The molecule has 19 heavy (non-hydrogen) atoms. The molecule has 1 aliphatic heterocycles. The summed E-state index contributed by atoms with van der Waals surface area (Å²) in [5.41, 5.74) is 0. The Labute approximate surface area is 126 Å². The summed E-state index contributed by atoms with van der Waals surface area (Å²) in [6.45, 7) is 1.05. The van der Waals surface area contributed by atoms with Crippen LogP contribution in [0.5, 0.6) is 0 Å². The van der Waals surface area contributed by atoms with Gasteiger partial charge in [-0.1, -0.05) is 0 Å². The van der Waals surface area contributed by atoms with Crippen LogP contribution < -0.4 is 0 Å². The summed E-state index contributed by atoms with van der Waals surface area (Å²) < 4.78 is 1.07. The van der Waals surface area contributed by atoms with E-state index < -0.39 is 0 Å².